The summed E-state index contributed by atoms with van der Waals surface area (Å²) in [4.78, 5) is 30.4. The molecule has 1 aliphatic heterocycles. The predicted octanol–water partition coefficient (Wildman–Crippen LogP) is 3.46. The molecule has 0 bridgehead atoms. The molecule has 3 rings (SSSR count). The Kier molecular flexibility index (Phi) is 8.83. The van der Waals surface area contributed by atoms with Crippen molar-refractivity contribution in [3.63, 3.8) is 0 Å². The second-order valence-electron chi connectivity index (χ2n) is 8.21. The van der Waals surface area contributed by atoms with Gasteiger partial charge in [-0.2, -0.15) is 14.6 Å². The smallest absolute Gasteiger partial charge is 0.247 e. The molecule has 0 aliphatic carbocycles. The van der Waals surface area contributed by atoms with Gasteiger partial charge >= 0.3 is 0 Å². The highest BCUT2D eigenvalue weighted by atomic mass is 35.5. The number of nitrogens with zero attached hydrogens (tertiary/aromatic N) is 3. The van der Waals surface area contributed by atoms with Crippen LogP contribution in [0.15, 0.2) is 30.3 Å². The highest BCUT2D eigenvalue weighted by Gasteiger charge is 2.38. The SMILES string of the molecule is CCCC(=O)c1cc(C#N)c(N(C(=O)C2CCNCC2)S(=O)(=O)Cc2ccc(Cl)cc2)nc1OC. The highest BCUT2D eigenvalue weighted by Crippen LogP contribution is 2.32. The van der Waals surface area contributed by atoms with Crippen molar-refractivity contribution in [3.8, 4) is 11.9 Å². The van der Waals surface area contributed by atoms with E-state index in [0.717, 1.165) is 0 Å². The monoisotopic (exact) mass is 518 g/mol. The first-order chi connectivity index (χ1) is 16.7. The zero-order valence-electron chi connectivity index (χ0n) is 19.6. The molecule has 9 nitrogen and oxygen atoms in total. The van der Waals surface area contributed by atoms with E-state index in [1.165, 1.54) is 13.2 Å². The number of benzene rings is 1. The summed E-state index contributed by atoms with van der Waals surface area (Å²) in [5.74, 6) is -2.54. The number of hydrogen-bond acceptors (Lipinski definition) is 8. The number of anilines is 1. The molecule has 0 radical (unpaired) electrons. The molecular formula is C24H27ClN4O5S. The standard InChI is InChI=1S/C24H27ClN4O5S/c1-3-4-21(30)20-13-18(14-26)22(28-23(20)34-2)29(24(31)17-9-11-27-12-10-17)35(32,33)15-16-5-7-19(25)8-6-16/h5-8,13,17,27H,3-4,9-12,15H2,1-2H3. The lowest BCUT2D eigenvalue weighted by Gasteiger charge is -2.29. The van der Waals surface area contributed by atoms with E-state index in [9.17, 15) is 23.3 Å². The lowest BCUT2D eigenvalue weighted by atomic mass is 9.97. The van der Waals surface area contributed by atoms with Gasteiger partial charge in [-0.25, -0.2) is 8.42 Å². The van der Waals surface area contributed by atoms with Crippen LogP contribution >= 0.6 is 11.6 Å². The Balaban J connectivity index is 2.16. The van der Waals surface area contributed by atoms with E-state index in [-0.39, 0.29) is 35.0 Å². The summed E-state index contributed by atoms with van der Waals surface area (Å²) in [6.07, 6.45) is 1.66. The molecular weight excluding hydrogens is 492 g/mol. The minimum Gasteiger partial charge on any atom is -0.480 e. The summed E-state index contributed by atoms with van der Waals surface area (Å²) >= 11 is 5.92. The van der Waals surface area contributed by atoms with Crippen molar-refractivity contribution in [2.45, 2.75) is 38.4 Å². The molecule has 11 heteroatoms. The number of sulfonamides is 1. The number of ether oxygens (including phenoxy) is 1. The van der Waals surface area contributed by atoms with Crippen LogP contribution in [-0.4, -0.2) is 45.3 Å². The molecule has 1 aliphatic rings. The van der Waals surface area contributed by atoms with Gasteiger partial charge in [-0.15, -0.1) is 0 Å². The van der Waals surface area contributed by atoms with Gasteiger partial charge < -0.3 is 10.1 Å². The first kappa shape index (κ1) is 26.6. The number of hydrogen-bond donors (Lipinski definition) is 1. The largest absolute Gasteiger partial charge is 0.480 e. The quantitative estimate of drug-likeness (QED) is 0.499. The first-order valence-corrected chi connectivity index (χ1v) is 13.2. The van der Waals surface area contributed by atoms with Crippen LogP contribution in [0.4, 0.5) is 5.82 Å². The van der Waals surface area contributed by atoms with Gasteiger partial charge in [0, 0.05) is 17.4 Å². The van der Waals surface area contributed by atoms with Crippen LogP contribution in [0.25, 0.3) is 0 Å². The lowest BCUT2D eigenvalue weighted by molar-refractivity contribution is -0.121. The number of pyridine rings is 1. The fourth-order valence-corrected chi connectivity index (χ4v) is 5.60. The van der Waals surface area contributed by atoms with Gasteiger partial charge in [0.15, 0.2) is 11.6 Å². The number of methoxy groups -OCH3 is 1. The third-order valence-electron chi connectivity index (χ3n) is 5.68. The maximum absolute atomic E-state index is 13.7. The topological polar surface area (TPSA) is 129 Å². The van der Waals surface area contributed by atoms with Crippen LogP contribution in [0.2, 0.25) is 5.02 Å². The number of nitriles is 1. The number of amides is 1. The third-order valence-corrected chi connectivity index (χ3v) is 7.54. The Bertz CT molecular complexity index is 1240. The fraction of sp³-hybridized carbons (Fsp3) is 0.417. The Morgan fingerprint density at radius 1 is 1.26 bits per heavy atom. The molecule has 1 saturated heterocycles. The van der Waals surface area contributed by atoms with Crippen LogP contribution in [0.3, 0.4) is 0 Å². The van der Waals surface area contributed by atoms with Crippen molar-refractivity contribution >= 4 is 39.1 Å². The number of ketones is 1. The van der Waals surface area contributed by atoms with E-state index >= 15 is 0 Å². The van der Waals surface area contributed by atoms with Crippen LogP contribution in [0.5, 0.6) is 5.88 Å². The molecule has 1 aromatic carbocycles. The number of aromatic nitrogens is 1. The number of Topliss-reactive ketones (excluding diaryl/α,β-unsaturated/α-hetero) is 1. The van der Waals surface area contributed by atoms with Crippen LogP contribution in [0.1, 0.15) is 54.1 Å². The normalized spacial score (nSPS) is 14.2. The Hall–Kier alpha value is -3.00. The summed E-state index contributed by atoms with van der Waals surface area (Å²) < 4.78 is 33.2. The molecule has 1 N–H and O–H groups in total. The number of carbonyl (C=O) groups is 2. The van der Waals surface area contributed by atoms with Gasteiger partial charge in [-0.3, -0.25) is 9.59 Å². The lowest BCUT2D eigenvalue weighted by Crippen LogP contribution is -2.45. The molecule has 0 atom stereocenters. The molecule has 0 unspecified atom stereocenters. The second kappa shape index (κ2) is 11.6. The molecule has 1 aromatic heterocycles. The third kappa shape index (κ3) is 6.17. The highest BCUT2D eigenvalue weighted by molar-refractivity contribution is 7.92. The Labute approximate surface area is 210 Å². The van der Waals surface area contributed by atoms with Gasteiger partial charge in [0.05, 0.1) is 24.0 Å². The van der Waals surface area contributed by atoms with E-state index in [0.29, 0.717) is 47.2 Å². The summed E-state index contributed by atoms with van der Waals surface area (Å²) in [6.45, 7) is 2.96. The van der Waals surface area contributed by atoms with Crippen LogP contribution in [-0.2, 0) is 20.6 Å². The van der Waals surface area contributed by atoms with Gasteiger partial charge in [0.2, 0.25) is 21.8 Å². The van der Waals surface area contributed by atoms with Crippen molar-refractivity contribution in [2.75, 3.05) is 24.5 Å². The van der Waals surface area contributed by atoms with Gasteiger partial charge in [-0.05, 0) is 56.1 Å². The Morgan fingerprint density at radius 3 is 2.49 bits per heavy atom. The summed E-state index contributed by atoms with van der Waals surface area (Å²) in [5, 5.41) is 13.4. The molecule has 2 aromatic rings. The van der Waals surface area contributed by atoms with Crippen molar-refractivity contribution in [3.05, 3.63) is 52.0 Å². The van der Waals surface area contributed by atoms with Crippen LogP contribution < -0.4 is 14.4 Å². The number of piperidine rings is 1. The summed E-state index contributed by atoms with van der Waals surface area (Å²) in [6, 6.07) is 9.38. The van der Waals surface area contributed by atoms with Crippen molar-refractivity contribution < 1.29 is 22.7 Å². The molecule has 2 heterocycles. The summed E-state index contributed by atoms with van der Waals surface area (Å²) in [7, 11) is -3.03. The maximum Gasteiger partial charge on any atom is 0.247 e. The van der Waals surface area contributed by atoms with E-state index in [2.05, 4.69) is 10.3 Å². The minimum absolute atomic E-state index is 0.0685. The number of carbonyl (C=O) groups excluding carboxylic acids is 2. The molecule has 35 heavy (non-hydrogen) atoms. The minimum atomic E-state index is -4.32. The molecule has 0 spiro atoms. The van der Waals surface area contributed by atoms with E-state index in [1.807, 2.05) is 13.0 Å². The number of nitrogens with one attached hydrogen (secondary N) is 1. The van der Waals surface area contributed by atoms with Crippen molar-refractivity contribution in [1.82, 2.24) is 10.3 Å². The molecule has 186 valence electrons. The first-order valence-electron chi connectivity index (χ1n) is 11.3. The van der Waals surface area contributed by atoms with Gasteiger partial charge in [0.1, 0.15) is 6.07 Å². The van der Waals surface area contributed by atoms with Crippen molar-refractivity contribution in [1.29, 1.82) is 5.26 Å². The number of rotatable bonds is 9. The van der Waals surface area contributed by atoms with E-state index < -0.39 is 27.6 Å². The zero-order valence-corrected chi connectivity index (χ0v) is 21.2. The second-order valence-corrected chi connectivity index (χ2v) is 10.5. The van der Waals surface area contributed by atoms with Crippen LogP contribution in [0, 0.1) is 17.2 Å². The van der Waals surface area contributed by atoms with Crippen molar-refractivity contribution in [2.24, 2.45) is 5.92 Å². The fourth-order valence-electron chi connectivity index (χ4n) is 3.91. The molecule has 1 amide bonds. The average Bonchev–Trinajstić information content (AvgIpc) is 2.85. The van der Waals surface area contributed by atoms with Gasteiger partial charge in [-0.1, -0.05) is 30.7 Å². The number of halogens is 1. The Morgan fingerprint density at radius 2 is 1.91 bits per heavy atom. The average molecular weight is 519 g/mol. The maximum atomic E-state index is 13.7. The van der Waals surface area contributed by atoms with E-state index in [1.54, 1.807) is 24.3 Å². The predicted molar refractivity (Wildman–Crippen MR) is 132 cm³/mol. The molecule has 0 saturated carbocycles. The zero-order chi connectivity index (χ0) is 25.6. The molecule has 1 fully saturated rings. The summed E-state index contributed by atoms with van der Waals surface area (Å²) in [5.41, 5.74) is 0.281. The van der Waals surface area contributed by atoms with E-state index in [4.69, 9.17) is 16.3 Å². The van der Waals surface area contributed by atoms with Gasteiger partial charge in [0.25, 0.3) is 0 Å².